The van der Waals surface area contributed by atoms with E-state index in [1.54, 1.807) is 28.6 Å². The van der Waals surface area contributed by atoms with Gasteiger partial charge in [-0.15, -0.1) is 0 Å². The number of nitrogens with zero attached hydrogens (tertiary/aromatic N) is 3. The number of rotatable bonds is 9. The molecule has 3 heterocycles. The van der Waals surface area contributed by atoms with Crippen LogP contribution < -0.4 is 9.47 Å². The molecule has 2 saturated heterocycles. The summed E-state index contributed by atoms with van der Waals surface area (Å²) in [5.41, 5.74) is 1.13. The van der Waals surface area contributed by atoms with E-state index in [0.29, 0.717) is 37.1 Å². The Morgan fingerprint density at radius 2 is 1.57 bits per heavy atom. The molecule has 2 aromatic rings. The highest BCUT2D eigenvalue weighted by atomic mass is 32.2. The topological polar surface area (TPSA) is 96.5 Å². The Labute approximate surface area is 239 Å². The van der Waals surface area contributed by atoms with E-state index in [9.17, 15) is 16.8 Å². The van der Waals surface area contributed by atoms with Crippen LogP contribution in [0, 0.1) is 0 Å². The lowest BCUT2D eigenvalue weighted by Crippen LogP contribution is -2.62. The number of piperidine rings is 1. The van der Waals surface area contributed by atoms with Gasteiger partial charge < -0.3 is 9.47 Å². The van der Waals surface area contributed by atoms with Crippen molar-refractivity contribution in [2.75, 3.05) is 51.8 Å². The molecule has 220 valence electrons. The Morgan fingerprint density at radius 1 is 0.900 bits per heavy atom. The van der Waals surface area contributed by atoms with E-state index >= 15 is 0 Å². The lowest BCUT2D eigenvalue weighted by atomic mass is 9.87. The van der Waals surface area contributed by atoms with Crippen molar-refractivity contribution in [3.8, 4) is 11.5 Å². The van der Waals surface area contributed by atoms with Gasteiger partial charge in [0.25, 0.3) is 0 Å². The summed E-state index contributed by atoms with van der Waals surface area (Å²) in [6.07, 6.45) is 3.23. The monoisotopic (exact) mass is 591 g/mol. The average Bonchev–Trinajstić information content (AvgIpc) is 3.41. The summed E-state index contributed by atoms with van der Waals surface area (Å²) in [4.78, 5) is 5.52. The smallest absolute Gasteiger partial charge is 0.231 e. The fraction of sp³-hybridized carbons (Fsp3) is 0.586. The summed E-state index contributed by atoms with van der Waals surface area (Å²) in [7, 11) is -6.78. The predicted molar refractivity (Wildman–Crippen MR) is 154 cm³/mol. The minimum atomic E-state index is -3.65. The van der Waals surface area contributed by atoms with Crippen molar-refractivity contribution < 1.29 is 26.3 Å². The maximum absolute atomic E-state index is 13.1. The first-order chi connectivity index (χ1) is 19.0. The molecule has 2 aromatic carbocycles. The van der Waals surface area contributed by atoms with Crippen LogP contribution in [0.2, 0.25) is 0 Å². The van der Waals surface area contributed by atoms with Crippen LogP contribution in [0.4, 0.5) is 0 Å². The highest BCUT2D eigenvalue weighted by molar-refractivity contribution is 7.91. The molecule has 40 heavy (non-hydrogen) atoms. The van der Waals surface area contributed by atoms with Crippen molar-refractivity contribution >= 4 is 19.9 Å². The Balaban J connectivity index is 1.13. The van der Waals surface area contributed by atoms with Crippen LogP contribution in [0.1, 0.15) is 45.6 Å². The standard InChI is InChI=1S/C29H41N3O6S2/c1-4-19-39(33,34)32-15-12-29(3,13-16-32)31-18-17-30(23(2)21-31)14-11-24-5-7-25(8-6-24)40(35,36)26-9-10-27-28(20-26)38-22-37-27/h5-10,20,23H,4,11-19,21-22H2,1-3H3/t23-/m1/s1. The SMILES string of the molecule is CCCS(=O)(=O)N1CCC(C)(N2CCN(CCc3ccc(S(=O)(=O)c4ccc5c(c4)OCO5)cc3)[C@H](C)C2)CC1. The van der Waals surface area contributed by atoms with Crippen LogP contribution in [0.5, 0.6) is 11.5 Å². The first-order valence-electron chi connectivity index (χ1n) is 14.2. The molecule has 0 spiro atoms. The normalized spacial score (nSPS) is 22.4. The van der Waals surface area contributed by atoms with E-state index in [-0.39, 0.29) is 27.9 Å². The molecule has 0 bridgehead atoms. The molecule has 0 N–H and O–H groups in total. The molecular formula is C29H41N3O6S2. The van der Waals surface area contributed by atoms with E-state index < -0.39 is 19.9 Å². The van der Waals surface area contributed by atoms with Gasteiger partial charge in [0, 0.05) is 56.9 Å². The molecule has 0 aliphatic carbocycles. The molecular weight excluding hydrogens is 550 g/mol. The predicted octanol–water partition coefficient (Wildman–Crippen LogP) is 3.39. The maximum Gasteiger partial charge on any atom is 0.231 e. The number of fused-ring (bicyclic) bond motifs is 1. The second kappa shape index (κ2) is 11.6. The van der Waals surface area contributed by atoms with Gasteiger partial charge in [-0.25, -0.2) is 21.1 Å². The number of benzene rings is 2. The molecule has 0 aromatic heterocycles. The summed E-state index contributed by atoms with van der Waals surface area (Å²) in [6, 6.07) is 12.3. The minimum Gasteiger partial charge on any atom is -0.454 e. The fourth-order valence-electron chi connectivity index (χ4n) is 6.06. The molecule has 0 amide bonds. The lowest BCUT2D eigenvalue weighted by Gasteiger charge is -2.51. The van der Waals surface area contributed by atoms with Gasteiger partial charge in [0.05, 0.1) is 15.5 Å². The van der Waals surface area contributed by atoms with Crippen LogP contribution >= 0.6 is 0 Å². The van der Waals surface area contributed by atoms with E-state index in [4.69, 9.17) is 9.47 Å². The van der Waals surface area contributed by atoms with E-state index in [2.05, 4.69) is 23.6 Å². The molecule has 5 rings (SSSR count). The van der Waals surface area contributed by atoms with E-state index in [1.165, 1.54) is 6.07 Å². The van der Waals surface area contributed by atoms with Crippen LogP contribution in [-0.2, 0) is 26.3 Å². The number of hydrogen-bond acceptors (Lipinski definition) is 8. The number of piperazine rings is 1. The quantitative estimate of drug-likeness (QED) is 0.438. The molecule has 11 heteroatoms. The highest BCUT2D eigenvalue weighted by Gasteiger charge is 2.40. The van der Waals surface area contributed by atoms with Crippen molar-refractivity contribution in [1.29, 1.82) is 0 Å². The Bertz CT molecular complexity index is 1400. The zero-order chi connectivity index (χ0) is 28.5. The molecule has 3 aliphatic rings. The largest absolute Gasteiger partial charge is 0.454 e. The van der Waals surface area contributed by atoms with Crippen LogP contribution in [-0.4, -0.2) is 94.3 Å². The Hall–Kier alpha value is -2.18. The summed E-state index contributed by atoms with van der Waals surface area (Å²) in [5.74, 6) is 1.24. The molecule has 0 unspecified atom stereocenters. The summed E-state index contributed by atoms with van der Waals surface area (Å²) >= 11 is 0. The number of sulfonamides is 1. The molecule has 0 radical (unpaired) electrons. The third kappa shape index (κ3) is 6.04. The van der Waals surface area contributed by atoms with Crippen molar-refractivity contribution in [3.63, 3.8) is 0 Å². The summed E-state index contributed by atoms with van der Waals surface area (Å²) in [5, 5.41) is 0. The molecule has 0 saturated carbocycles. The lowest BCUT2D eigenvalue weighted by molar-refractivity contribution is -0.00966. The van der Waals surface area contributed by atoms with Gasteiger partial charge in [-0.3, -0.25) is 9.80 Å². The number of hydrogen-bond donors (Lipinski definition) is 0. The first kappa shape index (κ1) is 29.3. The van der Waals surface area contributed by atoms with Crippen LogP contribution in [0.3, 0.4) is 0 Å². The average molecular weight is 592 g/mol. The molecule has 2 fully saturated rings. The van der Waals surface area contributed by atoms with Gasteiger partial charge in [-0.2, -0.15) is 0 Å². The Morgan fingerprint density at radius 3 is 2.25 bits per heavy atom. The van der Waals surface area contributed by atoms with Gasteiger partial charge in [0.15, 0.2) is 11.5 Å². The molecule has 3 aliphatic heterocycles. The van der Waals surface area contributed by atoms with Crippen molar-refractivity contribution in [3.05, 3.63) is 48.0 Å². The van der Waals surface area contributed by atoms with Crippen LogP contribution in [0.25, 0.3) is 0 Å². The zero-order valence-corrected chi connectivity index (χ0v) is 25.3. The summed E-state index contributed by atoms with van der Waals surface area (Å²) < 4.78 is 63.6. The maximum atomic E-state index is 13.1. The third-order valence-corrected chi connectivity index (χ3v) is 12.6. The second-order valence-corrected chi connectivity index (χ2v) is 15.5. The minimum absolute atomic E-state index is 0.0257. The zero-order valence-electron chi connectivity index (χ0n) is 23.7. The van der Waals surface area contributed by atoms with E-state index in [0.717, 1.165) is 51.0 Å². The molecule has 1 atom stereocenters. The second-order valence-electron chi connectivity index (χ2n) is 11.5. The number of sulfone groups is 1. The van der Waals surface area contributed by atoms with Crippen LogP contribution in [0.15, 0.2) is 52.3 Å². The summed E-state index contributed by atoms with van der Waals surface area (Å²) in [6.45, 7) is 11.6. The van der Waals surface area contributed by atoms with Crippen molar-refractivity contribution in [2.45, 2.75) is 67.8 Å². The first-order valence-corrected chi connectivity index (χ1v) is 17.3. The van der Waals surface area contributed by atoms with Gasteiger partial charge in [0.2, 0.25) is 26.7 Å². The van der Waals surface area contributed by atoms with Crippen molar-refractivity contribution in [2.24, 2.45) is 0 Å². The number of ether oxygens (including phenoxy) is 2. The van der Waals surface area contributed by atoms with Gasteiger partial charge >= 0.3 is 0 Å². The highest BCUT2D eigenvalue weighted by Crippen LogP contribution is 2.36. The third-order valence-electron chi connectivity index (χ3n) is 8.76. The molecule has 9 nitrogen and oxygen atoms in total. The Kier molecular flexibility index (Phi) is 8.50. The van der Waals surface area contributed by atoms with Gasteiger partial charge in [-0.1, -0.05) is 19.1 Å². The van der Waals surface area contributed by atoms with Gasteiger partial charge in [0.1, 0.15) is 0 Å². The van der Waals surface area contributed by atoms with Gasteiger partial charge in [-0.05, 0) is 69.4 Å². The fourth-order valence-corrected chi connectivity index (χ4v) is 8.84. The van der Waals surface area contributed by atoms with Crippen molar-refractivity contribution in [1.82, 2.24) is 14.1 Å². The van der Waals surface area contributed by atoms with E-state index in [1.807, 2.05) is 19.1 Å².